The Bertz CT molecular complexity index is 934. The highest BCUT2D eigenvalue weighted by Crippen LogP contribution is 2.47. The van der Waals surface area contributed by atoms with E-state index in [1.54, 1.807) is 0 Å². The largest absolute Gasteiger partial charge is 0.337 e. The highest BCUT2D eigenvalue weighted by Gasteiger charge is 2.44. The lowest BCUT2D eigenvalue weighted by molar-refractivity contribution is -0.384. The summed E-state index contributed by atoms with van der Waals surface area (Å²) in [6.45, 7) is 6.46. The number of carbonyl (C=O) groups is 2. The van der Waals surface area contributed by atoms with E-state index in [0.717, 1.165) is 12.0 Å². The molecule has 0 unspecified atom stereocenters. The first-order valence-corrected chi connectivity index (χ1v) is 9.37. The number of hydrogen-bond acceptors (Lipinski definition) is 4. The van der Waals surface area contributed by atoms with Crippen LogP contribution in [0.15, 0.2) is 48.5 Å². The summed E-state index contributed by atoms with van der Waals surface area (Å²) in [5.74, 6) is -0.302. The molecule has 3 rings (SSSR count). The fourth-order valence-corrected chi connectivity index (χ4v) is 3.15. The topological polar surface area (TPSA) is 113 Å². The van der Waals surface area contributed by atoms with Crippen LogP contribution in [-0.4, -0.2) is 16.9 Å². The van der Waals surface area contributed by atoms with Gasteiger partial charge in [-0.1, -0.05) is 51.1 Å². The average Bonchev–Trinajstić information content (AvgIpc) is 3.46. The molecule has 1 aliphatic rings. The van der Waals surface area contributed by atoms with Crippen LogP contribution >= 0.6 is 0 Å². The minimum atomic E-state index is -0.675. The van der Waals surface area contributed by atoms with Gasteiger partial charge in [0.25, 0.3) is 5.69 Å². The molecule has 3 amide bonds. The average molecular weight is 396 g/mol. The Morgan fingerprint density at radius 2 is 1.76 bits per heavy atom. The standard InChI is InChI=1S/C21H24N4O4/c1-21(2,3)14-9-7-13(8-10-14)17-12-18(17)19(26)23-24-20(27)22-15-5-4-6-16(11-15)25(28)29/h4-11,17-18H,12H2,1-3H3,(H,23,26)(H2,22,24,27)/t17-,18+/m1/s1. The number of nitrogens with one attached hydrogen (secondary N) is 3. The number of urea groups is 1. The van der Waals surface area contributed by atoms with Crippen LogP contribution in [0.2, 0.25) is 0 Å². The number of nitro groups is 1. The normalized spacial score (nSPS) is 17.9. The number of carbonyl (C=O) groups excluding carboxylic acids is 2. The molecule has 29 heavy (non-hydrogen) atoms. The summed E-state index contributed by atoms with van der Waals surface area (Å²) in [6.07, 6.45) is 0.731. The zero-order valence-electron chi connectivity index (χ0n) is 16.6. The van der Waals surface area contributed by atoms with Crippen LogP contribution in [0.3, 0.4) is 0 Å². The van der Waals surface area contributed by atoms with Crippen molar-refractivity contribution in [1.29, 1.82) is 0 Å². The number of hydrazine groups is 1. The first kappa shape index (κ1) is 20.3. The molecule has 1 saturated carbocycles. The van der Waals surface area contributed by atoms with E-state index < -0.39 is 11.0 Å². The Labute approximate surface area is 168 Å². The van der Waals surface area contributed by atoms with Crippen LogP contribution in [0.1, 0.15) is 44.2 Å². The second kappa shape index (κ2) is 7.90. The number of nitro benzene ring substituents is 1. The smallest absolute Gasteiger partial charge is 0.306 e. The van der Waals surface area contributed by atoms with E-state index in [2.05, 4.69) is 61.2 Å². The Morgan fingerprint density at radius 1 is 1.07 bits per heavy atom. The number of non-ortho nitro benzene ring substituents is 1. The predicted molar refractivity (Wildman–Crippen MR) is 109 cm³/mol. The van der Waals surface area contributed by atoms with Crippen molar-refractivity contribution in [2.45, 2.75) is 38.5 Å². The zero-order valence-corrected chi connectivity index (χ0v) is 16.6. The zero-order chi connectivity index (χ0) is 21.2. The molecular weight excluding hydrogens is 372 g/mol. The van der Waals surface area contributed by atoms with E-state index in [1.165, 1.54) is 29.8 Å². The fourth-order valence-electron chi connectivity index (χ4n) is 3.15. The van der Waals surface area contributed by atoms with Gasteiger partial charge < -0.3 is 5.32 Å². The van der Waals surface area contributed by atoms with Gasteiger partial charge in [-0.2, -0.15) is 0 Å². The van der Waals surface area contributed by atoms with Crippen molar-refractivity contribution < 1.29 is 14.5 Å². The van der Waals surface area contributed by atoms with Crippen LogP contribution in [0.4, 0.5) is 16.2 Å². The van der Waals surface area contributed by atoms with Crippen LogP contribution in [-0.2, 0) is 10.2 Å². The van der Waals surface area contributed by atoms with Gasteiger partial charge >= 0.3 is 6.03 Å². The maximum Gasteiger partial charge on any atom is 0.337 e. The van der Waals surface area contributed by atoms with Gasteiger partial charge in [0, 0.05) is 23.7 Å². The Hall–Kier alpha value is -3.42. The van der Waals surface area contributed by atoms with Crippen molar-refractivity contribution in [1.82, 2.24) is 10.9 Å². The van der Waals surface area contributed by atoms with Gasteiger partial charge in [0.1, 0.15) is 0 Å². The van der Waals surface area contributed by atoms with Crippen molar-refractivity contribution in [2.75, 3.05) is 5.32 Å². The molecule has 152 valence electrons. The molecule has 1 aliphatic carbocycles. The van der Waals surface area contributed by atoms with Gasteiger partial charge in [-0.05, 0) is 34.9 Å². The number of hydrogen-bond donors (Lipinski definition) is 3. The van der Waals surface area contributed by atoms with Gasteiger partial charge in [0.15, 0.2) is 0 Å². The second-order valence-electron chi connectivity index (χ2n) is 8.20. The van der Waals surface area contributed by atoms with Gasteiger partial charge in [0.05, 0.1) is 4.92 Å². The molecule has 0 saturated heterocycles. The third-order valence-corrected chi connectivity index (χ3v) is 4.95. The Morgan fingerprint density at radius 3 is 2.38 bits per heavy atom. The number of anilines is 1. The Balaban J connectivity index is 1.48. The number of nitrogens with zero attached hydrogens (tertiary/aromatic N) is 1. The van der Waals surface area contributed by atoms with Crippen molar-refractivity contribution in [2.24, 2.45) is 5.92 Å². The summed E-state index contributed by atoms with van der Waals surface area (Å²) < 4.78 is 0. The molecule has 8 heteroatoms. The molecule has 0 aromatic heterocycles. The summed E-state index contributed by atoms with van der Waals surface area (Å²) in [7, 11) is 0. The number of amides is 3. The number of benzene rings is 2. The maximum atomic E-state index is 12.3. The molecule has 1 fully saturated rings. The summed E-state index contributed by atoms with van der Waals surface area (Å²) >= 11 is 0. The molecule has 0 radical (unpaired) electrons. The van der Waals surface area contributed by atoms with E-state index >= 15 is 0 Å². The van der Waals surface area contributed by atoms with Crippen LogP contribution in [0.25, 0.3) is 0 Å². The van der Waals surface area contributed by atoms with E-state index in [0.29, 0.717) is 0 Å². The van der Waals surface area contributed by atoms with Crippen LogP contribution < -0.4 is 16.2 Å². The molecule has 2 atom stereocenters. The first-order chi connectivity index (χ1) is 13.6. The summed E-state index contributed by atoms with van der Waals surface area (Å²) in [5.41, 5.74) is 7.24. The second-order valence-corrected chi connectivity index (χ2v) is 8.20. The van der Waals surface area contributed by atoms with E-state index in [4.69, 9.17) is 0 Å². The molecule has 8 nitrogen and oxygen atoms in total. The van der Waals surface area contributed by atoms with E-state index in [1.807, 2.05) is 0 Å². The summed E-state index contributed by atoms with van der Waals surface area (Å²) in [6, 6.07) is 13.2. The van der Waals surface area contributed by atoms with Crippen LogP contribution in [0, 0.1) is 16.0 Å². The molecule has 0 spiro atoms. The summed E-state index contributed by atoms with van der Waals surface area (Å²) in [5, 5.41) is 13.2. The van der Waals surface area contributed by atoms with Crippen molar-refractivity contribution in [3.05, 3.63) is 69.8 Å². The fraction of sp³-hybridized carbons (Fsp3) is 0.333. The molecule has 2 aromatic rings. The monoisotopic (exact) mass is 396 g/mol. The van der Waals surface area contributed by atoms with Crippen molar-refractivity contribution in [3.8, 4) is 0 Å². The Kier molecular flexibility index (Phi) is 5.54. The molecule has 3 N–H and O–H groups in total. The third-order valence-electron chi connectivity index (χ3n) is 4.95. The van der Waals surface area contributed by atoms with E-state index in [9.17, 15) is 19.7 Å². The van der Waals surface area contributed by atoms with Gasteiger partial charge in [-0.3, -0.25) is 20.3 Å². The van der Waals surface area contributed by atoms with Gasteiger partial charge in [0.2, 0.25) is 5.91 Å². The van der Waals surface area contributed by atoms with Gasteiger partial charge in [-0.25, -0.2) is 10.2 Å². The van der Waals surface area contributed by atoms with Crippen LogP contribution in [0.5, 0.6) is 0 Å². The minimum absolute atomic E-state index is 0.0787. The highest BCUT2D eigenvalue weighted by molar-refractivity contribution is 5.92. The molecule has 0 bridgehead atoms. The summed E-state index contributed by atoms with van der Waals surface area (Å²) in [4.78, 5) is 34.4. The van der Waals surface area contributed by atoms with E-state index in [-0.39, 0.29) is 34.5 Å². The highest BCUT2D eigenvalue weighted by atomic mass is 16.6. The molecule has 0 aliphatic heterocycles. The maximum absolute atomic E-state index is 12.3. The first-order valence-electron chi connectivity index (χ1n) is 9.37. The lowest BCUT2D eigenvalue weighted by Gasteiger charge is -2.19. The minimum Gasteiger partial charge on any atom is -0.306 e. The quantitative estimate of drug-likeness (QED) is 0.538. The lowest BCUT2D eigenvalue weighted by atomic mass is 9.86. The van der Waals surface area contributed by atoms with Gasteiger partial charge in [-0.15, -0.1) is 0 Å². The van der Waals surface area contributed by atoms with Crippen molar-refractivity contribution in [3.63, 3.8) is 0 Å². The molecule has 0 heterocycles. The predicted octanol–water partition coefficient (Wildman–Crippen LogP) is 3.85. The third kappa shape index (κ3) is 5.10. The van der Waals surface area contributed by atoms with Crippen molar-refractivity contribution >= 4 is 23.3 Å². The lowest BCUT2D eigenvalue weighted by Crippen LogP contribution is -2.44. The SMILES string of the molecule is CC(C)(C)c1ccc([C@H]2C[C@@H]2C(=O)NNC(=O)Nc2cccc([N+](=O)[O-])c2)cc1. The number of rotatable bonds is 4. The molecule has 2 aromatic carbocycles. The molecular formula is C21H24N4O4.